The zero-order valence-electron chi connectivity index (χ0n) is 12.0. The van der Waals surface area contributed by atoms with Gasteiger partial charge in [0.1, 0.15) is 0 Å². The molecule has 2 rings (SSSR count). The number of alkyl halides is 3. The Hall–Kier alpha value is -1.79. The van der Waals surface area contributed by atoms with Gasteiger partial charge in [0.2, 0.25) is 0 Å². The highest BCUT2D eigenvalue weighted by Crippen LogP contribution is 2.29. The predicted molar refractivity (Wildman–Crippen MR) is 90.8 cm³/mol. The summed E-state index contributed by atoms with van der Waals surface area (Å²) in [4.78, 5) is 0. The quantitative estimate of drug-likeness (QED) is 0.761. The molecular formula is C16H14ClF3N2S. The number of rotatable bonds is 4. The molecule has 0 saturated carbocycles. The lowest BCUT2D eigenvalue weighted by atomic mass is 10.1. The Balaban J connectivity index is 1.79. The molecule has 0 amide bonds. The average molecular weight is 359 g/mol. The van der Waals surface area contributed by atoms with E-state index in [9.17, 15) is 13.2 Å². The minimum atomic E-state index is -4.34. The van der Waals surface area contributed by atoms with Gasteiger partial charge in [-0.3, -0.25) is 0 Å². The van der Waals surface area contributed by atoms with Gasteiger partial charge in [-0.25, -0.2) is 0 Å². The molecule has 7 heteroatoms. The Morgan fingerprint density at radius 1 is 1.00 bits per heavy atom. The summed E-state index contributed by atoms with van der Waals surface area (Å²) >= 11 is 10.9. The van der Waals surface area contributed by atoms with E-state index in [1.54, 1.807) is 0 Å². The Morgan fingerprint density at radius 2 is 1.61 bits per heavy atom. The number of hydrogen-bond donors (Lipinski definition) is 2. The normalized spacial score (nSPS) is 11.1. The Morgan fingerprint density at radius 3 is 2.17 bits per heavy atom. The molecule has 0 saturated heterocycles. The van der Waals surface area contributed by atoms with Crippen molar-refractivity contribution in [2.24, 2.45) is 0 Å². The first kappa shape index (κ1) is 17.6. The fraction of sp³-hybridized carbons (Fsp3) is 0.188. The Labute approximate surface area is 142 Å². The van der Waals surface area contributed by atoms with Crippen molar-refractivity contribution in [1.29, 1.82) is 0 Å². The van der Waals surface area contributed by atoms with Gasteiger partial charge in [-0.05, 0) is 60.6 Å². The third-order valence-electron chi connectivity index (χ3n) is 3.08. The molecule has 0 radical (unpaired) electrons. The van der Waals surface area contributed by atoms with Gasteiger partial charge in [0.25, 0.3) is 0 Å². The summed E-state index contributed by atoms with van der Waals surface area (Å²) in [5.74, 6) is 0. The van der Waals surface area contributed by atoms with Crippen molar-refractivity contribution in [1.82, 2.24) is 5.32 Å². The lowest BCUT2D eigenvalue weighted by molar-refractivity contribution is -0.137. The highest BCUT2D eigenvalue weighted by atomic mass is 35.5. The molecule has 0 atom stereocenters. The third-order valence-corrected chi connectivity index (χ3v) is 3.58. The fourth-order valence-corrected chi connectivity index (χ4v) is 2.24. The minimum Gasteiger partial charge on any atom is -0.362 e. The van der Waals surface area contributed by atoms with Crippen LogP contribution in [0.2, 0.25) is 5.02 Å². The average Bonchev–Trinajstić information content (AvgIpc) is 2.49. The van der Waals surface area contributed by atoms with Gasteiger partial charge in [0, 0.05) is 17.3 Å². The number of halogens is 4. The Bertz CT molecular complexity index is 655. The van der Waals surface area contributed by atoms with Crippen LogP contribution >= 0.6 is 23.8 Å². The van der Waals surface area contributed by atoms with Crippen molar-refractivity contribution in [2.45, 2.75) is 12.6 Å². The molecule has 2 nitrogen and oxygen atoms in total. The van der Waals surface area contributed by atoms with Gasteiger partial charge in [0.05, 0.1) is 5.56 Å². The molecule has 0 fully saturated rings. The molecule has 0 bridgehead atoms. The third kappa shape index (κ3) is 5.73. The van der Waals surface area contributed by atoms with E-state index in [1.165, 1.54) is 12.1 Å². The topological polar surface area (TPSA) is 24.1 Å². The SMILES string of the molecule is FC(F)(F)c1ccc(NC(=S)NCCc2ccc(Cl)cc2)cc1. The van der Waals surface area contributed by atoms with Crippen LogP contribution in [0, 0.1) is 0 Å². The van der Waals surface area contributed by atoms with Crippen LogP contribution in [0.1, 0.15) is 11.1 Å². The van der Waals surface area contributed by atoms with Crippen LogP contribution in [0.25, 0.3) is 0 Å². The number of anilines is 1. The van der Waals surface area contributed by atoms with Crippen LogP contribution in [0.5, 0.6) is 0 Å². The van der Waals surface area contributed by atoms with E-state index in [0.717, 1.165) is 24.1 Å². The van der Waals surface area contributed by atoms with Crippen LogP contribution in [-0.2, 0) is 12.6 Å². The summed E-state index contributed by atoms with van der Waals surface area (Å²) in [5.41, 5.74) is 0.922. The van der Waals surface area contributed by atoms with E-state index in [0.29, 0.717) is 22.4 Å². The largest absolute Gasteiger partial charge is 0.416 e. The lowest BCUT2D eigenvalue weighted by Gasteiger charge is -2.12. The van der Waals surface area contributed by atoms with E-state index in [4.69, 9.17) is 23.8 Å². The van der Waals surface area contributed by atoms with Crippen molar-refractivity contribution in [3.05, 3.63) is 64.7 Å². The monoisotopic (exact) mass is 358 g/mol. The van der Waals surface area contributed by atoms with Gasteiger partial charge >= 0.3 is 6.18 Å². The van der Waals surface area contributed by atoms with E-state index in [-0.39, 0.29) is 0 Å². The summed E-state index contributed by atoms with van der Waals surface area (Å²) in [6.45, 7) is 0.605. The second-order valence-electron chi connectivity index (χ2n) is 4.83. The van der Waals surface area contributed by atoms with E-state index in [2.05, 4.69) is 10.6 Å². The molecule has 122 valence electrons. The van der Waals surface area contributed by atoms with Crippen molar-refractivity contribution in [2.75, 3.05) is 11.9 Å². The van der Waals surface area contributed by atoms with Crippen LogP contribution < -0.4 is 10.6 Å². The van der Waals surface area contributed by atoms with Gasteiger partial charge in [0.15, 0.2) is 5.11 Å². The summed E-state index contributed by atoms with van der Waals surface area (Å²) in [6, 6.07) is 12.2. The predicted octanol–water partition coefficient (Wildman–Crippen LogP) is 4.89. The molecule has 2 aromatic carbocycles. The first-order valence-electron chi connectivity index (χ1n) is 6.81. The standard InChI is InChI=1S/C16H14ClF3N2S/c17-13-5-1-11(2-6-13)9-10-21-15(23)22-14-7-3-12(4-8-14)16(18,19)20/h1-8H,9-10H2,(H2,21,22,23). The van der Waals surface area contributed by atoms with Gasteiger partial charge in [-0.15, -0.1) is 0 Å². The fourth-order valence-electron chi connectivity index (χ4n) is 1.89. The van der Waals surface area contributed by atoms with Crippen LogP contribution in [-0.4, -0.2) is 11.7 Å². The van der Waals surface area contributed by atoms with Crippen molar-refractivity contribution in [3.8, 4) is 0 Å². The number of nitrogens with one attached hydrogen (secondary N) is 2. The maximum Gasteiger partial charge on any atom is 0.416 e. The van der Waals surface area contributed by atoms with E-state index >= 15 is 0 Å². The first-order valence-corrected chi connectivity index (χ1v) is 7.60. The molecule has 0 aliphatic carbocycles. The molecule has 2 aromatic rings. The van der Waals surface area contributed by atoms with Gasteiger partial charge in [-0.1, -0.05) is 23.7 Å². The van der Waals surface area contributed by atoms with E-state index in [1.807, 2.05) is 24.3 Å². The van der Waals surface area contributed by atoms with Crippen molar-refractivity contribution >= 4 is 34.6 Å². The van der Waals surface area contributed by atoms with Gasteiger partial charge in [-0.2, -0.15) is 13.2 Å². The van der Waals surface area contributed by atoms with Crippen LogP contribution in [0.4, 0.5) is 18.9 Å². The summed E-state index contributed by atoms with van der Waals surface area (Å²) in [7, 11) is 0. The molecule has 0 unspecified atom stereocenters. The summed E-state index contributed by atoms with van der Waals surface area (Å²) in [6.07, 6.45) is -3.58. The molecule has 0 spiro atoms. The maximum atomic E-state index is 12.5. The number of benzene rings is 2. The highest BCUT2D eigenvalue weighted by Gasteiger charge is 2.29. The summed E-state index contributed by atoms with van der Waals surface area (Å²) in [5, 5.41) is 6.89. The van der Waals surface area contributed by atoms with Crippen molar-refractivity contribution < 1.29 is 13.2 Å². The minimum absolute atomic E-state index is 0.360. The first-order chi connectivity index (χ1) is 10.8. The second kappa shape index (κ2) is 7.66. The molecule has 0 heterocycles. The molecule has 23 heavy (non-hydrogen) atoms. The zero-order valence-corrected chi connectivity index (χ0v) is 13.5. The van der Waals surface area contributed by atoms with E-state index < -0.39 is 11.7 Å². The highest BCUT2D eigenvalue weighted by molar-refractivity contribution is 7.80. The van der Waals surface area contributed by atoms with Crippen molar-refractivity contribution in [3.63, 3.8) is 0 Å². The molecule has 2 N–H and O–H groups in total. The molecule has 0 aliphatic rings. The zero-order chi connectivity index (χ0) is 16.9. The number of hydrogen-bond acceptors (Lipinski definition) is 1. The van der Waals surface area contributed by atoms with Gasteiger partial charge < -0.3 is 10.6 Å². The smallest absolute Gasteiger partial charge is 0.362 e. The van der Waals surface area contributed by atoms with Crippen LogP contribution in [0.3, 0.4) is 0 Å². The second-order valence-corrected chi connectivity index (χ2v) is 5.68. The maximum absolute atomic E-state index is 12.5. The summed E-state index contributed by atoms with van der Waals surface area (Å²) < 4.78 is 37.4. The molecule has 0 aliphatic heterocycles. The Kier molecular flexibility index (Phi) is 5.85. The molecular weight excluding hydrogens is 345 g/mol. The van der Waals surface area contributed by atoms with Crippen LogP contribution in [0.15, 0.2) is 48.5 Å². The number of thiocarbonyl (C=S) groups is 1. The molecule has 0 aromatic heterocycles. The lowest BCUT2D eigenvalue weighted by Crippen LogP contribution is -2.30.